The van der Waals surface area contributed by atoms with Crippen LogP contribution in [0.1, 0.15) is 20.8 Å². The summed E-state index contributed by atoms with van der Waals surface area (Å²) in [6.45, 7) is 4.27. The Morgan fingerprint density at radius 2 is 1.14 bits per heavy atom. The van der Waals surface area contributed by atoms with Crippen molar-refractivity contribution in [2.24, 2.45) is 0 Å². The number of hydrogen-bond donors (Lipinski definition) is 0. The summed E-state index contributed by atoms with van der Waals surface area (Å²) < 4.78 is 69.4. The molecule has 0 spiro atoms. The first-order valence-corrected chi connectivity index (χ1v) is 3.95. The molecule has 0 atom stereocenters. The van der Waals surface area contributed by atoms with E-state index in [2.05, 4.69) is 11.6 Å². The fraction of sp³-hybridized carbons (Fsp3) is 0.714. The maximum absolute atomic E-state index is 11.6. The molecule has 0 radical (unpaired) electrons. The van der Waals surface area contributed by atoms with Crippen molar-refractivity contribution in [3.8, 4) is 0 Å². The van der Waals surface area contributed by atoms with Gasteiger partial charge in [-0.15, -0.1) is 0 Å². The largest absolute Gasteiger partial charge is 0.427 e. The molecule has 0 aromatic carbocycles. The molecule has 0 aliphatic carbocycles. The Balaban J connectivity index is 0. The molecule has 0 aliphatic rings. The minimum atomic E-state index is -5.14. The van der Waals surface area contributed by atoms with Crippen molar-refractivity contribution >= 4 is 11.6 Å². The van der Waals surface area contributed by atoms with Gasteiger partial charge in [0.2, 0.25) is 0 Å². The molecular weight excluding hydrogens is 234 g/mol. The Hall–Kier alpha value is -0.390. The molecule has 14 heavy (non-hydrogen) atoms. The van der Waals surface area contributed by atoms with Gasteiger partial charge >= 0.3 is 12.4 Å². The van der Waals surface area contributed by atoms with E-state index in [0.29, 0.717) is 0 Å². The highest BCUT2D eigenvalue weighted by molar-refractivity contribution is 6.30. The second kappa shape index (κ2) is 5.48. The van der Waals surface area contributed by atoms with E-state index in [4.69, 9.17) is 0 Å². The first-order valence-electron chi connectivity index (χ1n) is 3.57. The fourth-order valence-electron chi connectivity index (χ4n) is 0.337. The summed E-state index contributed by atoms with van der Waals surface area (Å²) >= 11 is 4.43. The Bertz CT molecular complexity index is 177. The van der Waals surface area contributed by atoms with Gasteiger partial charge in [0.1, 0.15) is 5.03 Å². The lowest BCUT2D eigenvalue weighted by atomic mass is 10.2. The van der Waals surface area contributed by atoms with Crippen molar-refractivity contribution in [3.05, 3.63) is 10.6 Å². The monoisotopic (exact) mass is 242 g/mol. The van der Waals surface area contributed by atoms with Gasteiger partial charge in [0.15, 0.2) is 0 Å². The molecule has 86 valence electrons. The third kappa shape index (κ3) is 5.36. The first kappa shape index (κ1) is 16.1. The van der Waals surface area contributed by atoms with Gasteiger partial charge < -0.3 is 0 Å². The average molecular weight is 243 g/mol. The summed E-state index contributed by atoms with van der Waals surface area (Å²) in [6, 6.07) is 0. The van der Waals surface area contributed by atoms with E-state index < -0.39 is 23.0 Å². The normalized spacial score (nSPS) is 14.1. The molecule has 0 nitrogen and oxygen atoms in total. The van der Waals surface area contributed by atoms with Crippen LogP contribution in [0.25, 0.3) is 0 Å². The van der Waals surface area contributed by atoms with E-state index in [1.807, 2.05) is 13.8 Å². The van der Waals surface area contributed by atoms with E-state index in [1.54, 1.807) is 0 Å². The summed E-state index contributed by atoms with van der Waals surface area (Å²) in [4.78, 5) is 0. The summed E-state index contributed by atoms with van der Waals surface area (Å²) in [5.74, 6) is 0. The SMILES string of the molecule is C/C(=C(\Cl)C(F)(F)F)C(F)(F)F.CC. The summed E-state index contributed by atoms with van der Waals surface area (Å²) in [5.41, 5.74) is -1.84. The molecule has 0 aromatic rings. The molecule has 0 heterocycles. The van der Waals surface area contributed by atoms with E-state index in [0.717, 1.165) is 0 Å². The van der Waals surface area contributed by atoms with Gasteiger partial charge in [-0.05, 0) is 6.92 Å². The zero-order chi connectivity index (χ0) is 12.2. The summed E-state index contributed by atoms with van der Waals surface area (Å²) in [7, 11) is 0. The molecule has 0 fully saturated rings. The van der Waals surface area contributed by atoms with Crippen molar-refractivity contribution in [2.45, 2.75) is 33.1 Å². The number of rotatable bonds is 0. The smallest absolute Gasteiger partial charge is 0.166 e. The topological polar surface area (TPSA) is 0 Å². The average Bonchev–Trinajstić information content (AvgIpc) is 2.02. The van der Waals surface area contributed by atoms with Crippen LogP contribution in [0.5, 0.6) is 0 Å². The predicted octanol–water partition coefficient (Wildman–Crippen LogP) is 4.65. The Kier molecular flexibility index (Phi) is 6.29. The maximum atomic E-state index is 11.6. The van der Waals surface area contributed by atoms with Crippen LogP contribution in [0.4, 0.5) is 26.3 Å². The zero-order valence-electron chi connectivity index (χ0n) is 7.65. The third-order valence-corrected chi connectivity index (χ3v) is 1.50. The van der Waals surface area contributed by atoms with E-state index in [1.165, 1.54) is 0 Å². The van der Waals surface area contributed by atoms with Crippen molar-refractivity contribution < 1.29 is 26.3 Å². The lowest BCUT2D eigenvalue weighted by molar-refractivity contribution is -0.110. The minimum absolute atomic E-state index is 0.274. The standard InChI is InChI=1S/C5H3ClF6.C2H6/c1-2(4(7,8)9)3(6)5(10,11)12;1-2/h1H3;1-2H3/b3-2+;. The zero-order valence-corrected chi connectivity index (χ0v) is 8.40. The van der Waals surface area contributed by atoms with E-state index in [-0.39, 0.29) is 6.92 Å². The van der Waals surface area contributed by atoms with Crippen LogP contribution in [-0.4, -0.2) is 12.4 Å². The molecule has 0 N–H and O–H groups in total. The van der Waals surface area contributed by atoms with Crippen LogP contribution in [0.3, 0.4) is 0 Å². The van der Waals surface area contributed by atoms with Gasteiger partial charge in [-0.3, -0.25) is 0 Å². The molecule has 7 heteroatoms. The molecule has 0 rings (SSSR count). The van der Waals surface area contributed by atoms with Crippen LogP contribution in [0.2, 0.25) is 0 Å². The number of hydrogen-bond acceptors (Lipinski definition) is 0. The third-order valence-electron chi connectivity index (χ3n) is 1.00. The fourth-order valence-corrected chi connectivity index (χ4v) is 0.444. The lowest BCUT2D eigenvalue weighted by Gasteiger charge is -2.11. The number of halogens is 7. The van der Waals surface area contributed by atoms with Crippen LogP contribution in [-0.2, 0) is 0 Å². The number of alkyl halides is 6. The van der Waals surface area contributed by atoms with Gasteiger partial charge in [-0.25, -0.2) is 0 Å². The van der Waals surface area contributed by atoms with Crippen molar-refractivity contribution in [2.75, 3.05) is 0 Å². The summed E-state index contributed by atoms with van der Waals surface area (Å²) in [6.07, 6.45) is -10.2. The highest BCUT2D eigenvalue weighted by atomic mass is 35.5. The Morgan fingerprint density at radius 3 is 1.21 bits per heavy atom. The predicted molar refractivity (Wildman–Crippen MR) is 42.0 cm³/mol. The second-order valence-corrected chi connectivity index (χ2v) is 2.31. The molecule has 0 amide bonds. The highest BCUT2D eigenvalue weighted by Gasteiger charge is 2.42. The van der Waals surface area contributed by atoms with Crippen molar-refractivity contribution in [1.29, 1.82) is 0 Å². The van der Waals surface area contributed by atoms with Gasteiger partial charge in [0, 0.05) is 0 Å². The van der Waals surface area contributed by atoms with Crippen LogP contribution in [0.15, 0.2) is 10.6 Å². The van der Waals surface area contributed by atoms with Crippen molar-refractivity contribution in [1.82, 2.24) is 0 Å². The van der Waals surface area contributed by atoms with Gasteiger partial charge in [-0.1, -0.05) is 25.4 Å². The lowest BCUT2D eigenvalue weighted by Crippen LogP contribution is -2.17. The molecule has 0 aliphatic heterocycles. The van der Waals surface area contributed by atoms with Crippen molar-refractivity contribution in [3.63, 3.8) is 0 Å². The molecule has 0 saturated carbocycles. The van der Waals surface area contributed by atoms with Crippen LogP contribution < -0.4 is 0 Å². The minimum Gasteiger partial charge on any atom is -0.166 e. The molecular formula is C7H9ClF6. The number of allylic oxidation sites excluding steroid dienone is 2. The molecule has 0 unspecified atom stereocenters. The highest BCUT2D eigenvalue weighted by Crippen LogP contribution is 2.37. The molecule has 0 aromatic heterocycles. The van der Waals surface area contributed by atoms with Gasteiger partial charge in [0.05, 0.1) is 5.57 Å². The quantitative estimate of drug-likeness (QED) is 0.543. The Labute approximate surface area is 82.5 Å². The molecule has 0 bridgehead atoms. The van der Waals surface area contributed by atoms with Gasteiger partial charge in [0.25, 0.3) is 0 Å². The van der Waals surface area contributed by atoms with E-state index >= 15 is 0 Å². The first-order chi connectivity index (χ1) is 6.07. The van der Waals surface area contributed by atoms with Crippen LogP contribution >= 0.6 is 11.6 Å². The second-order valence-electron chi connectivity index (χ2n) is 1.93. The maximum Gasteiger partial charge on any atom is 0.427 e. The van der Waals surface area contributed by atoms with Gasteiger partial charge in [-0.2, -0.15) is 26.3 Å². The van der Waals surface area contributed by atoms with Crippen LogP contribution in [0, 0.1) is 0 Å². The Morgan fingerprint density at radius 1 is 0.857 bits per heavy atom. The molecule has 0 saturated heterocycles. The van der Waals surface area contributed by atoms with E-state index in [9.17, 15) is 26.3 Å². The summed E-state index contributed by atoms with van der Waals surface area (Å²) in [5, 5.41) is -2.13.